The first-order chi connectivity index (χ1) is 12.5. The summed E-state index contributed by atoms with van der Waals surface area (Å²) in [5, 5.41) is 2.84. The van der Waals surface area contributed by atoms with E-state index >= 15 is 0 Å². The van der Waals surface area contributed by atoms with Crippen molar-refractivity contribution in [2.75, 3.05) is 45.8 Å². The number of rotatable bonds is 8. The summed E-state index contributed by atoms with van der Waals surface area (Å²) in [5.74, 6) is 0.249. The Labute approximate surface area is 157 Å². The SMILES string of the molecule is CCNC(=O)CN1CCN(C(C)C(=O)N(CC)Cc2ccccc2)CC1. The highest BCUT2D eigenvalue weighted by Crippen LogP contribution is 2.12. The van der Waals surface area contributed by atoms with E-state index < -0.39 is 0 Å². The molecule has 1 aromatic carbocycles. The molecular weight excluding hydrogens is 328 g/mol. The Morgan fingerprint density at radius 3 is 2.35 bits per heavy atom. The Morgan fingerprint density at radius 1 is 1.12 bits per heavy atom. The van der Waals surface area contributed by atoms with Crippen LogP contribution in [0.3, 0.4) is 0 Å². The maximum Gasteiger partial charge on any atom is 0.239 e. The van der Waals surface area contributed by atoms with Gasteiger partial charge in [-0.1, -0.05) is 30.3 Å². The molecule has 1 N–H and O–H groups in total. The van der Waals surface area contributed by atoms with Gasteiger partial charge in [0.25, 0.3) is 0 Å². The summed E-state index contributed by atoms with van der Waals surface area (Å²) in [7, 11) is 0. The van der Waals surface area contributed by atoms with Gasteiger partial charge >= 0.3 is 0 Å². The van der Waals surface area contributed by atoms with Crippen molar-refractivity contribution in [3.63, 3.8) is 0 Å². The standard InChI is InChI=1S/C20H32N4O2/c1-4-21-19(25)16-22-11-13-24(14-12-22)17(3)20(26)23(5-2)15-18-9-7-6-8-10-18/h6-10,17H,4-5,11-16H2,1-3H3,(H,21,25). The molecule has 1 aliphatic heterocycles. The number of likely N-dealkylation sites (N-methyl/N-ethyl adjacent to an activating group) is 2. The number of piperazine rings is 1. The zero-order valence-corrected chi connectivity index (χ0v) is 16.3. The normalized spacial score (nSPS) is 16.9. The Kier molecular flexibility index (Phi) is 8.06. The van der Waals surface area contributed by atoms with Crippen LogP contribution in [0.1, 0.15) is 26.3 Å². The molecule has 0 spiro atoms. The van der Waals surface area contributed by atoms with Gasteiger partial charge in [0, 0.05) is 45.8 Å². The van der Waals surface area contributed by atoms with Gasteiger partial charge in [-0.25, -0.2) is 0 Å². The molecule has 26 heavy (non-hydrogen) atoms. The molecule has 144 valence electrons. The minimum Gasteiger partial charge on any atom is -0.355 e. The van der Waals surface area contributed by atoms with Crippen LogP contribution in [0, 0.1) is 0 Å². The first-order valence-corrected chi connectivity index (χ1v) is 9.61. The molecule has 2 rings (SSSR count). The van der Waals surface area contributed by atoms with Crippen LogP contribution in [-0.2, 0) is 16.1 Å². The van der Waals surface area contributed by atoms with Crippen LogP contribution in [0.4, 0.5) is 0 Å². The number of amides is 2. The summed E-state index contributed by atoms with van der Waals surface area (Å²) >= 11 is 0. The third-order valence-electron chi connectivity index (χ3n) is 4.96. The molecule has 1 aromatic rings. The van der Waals surface area contributed by atoms with Gasteiger partial charge in [-0.05, 0) is 26.3 Å². The van der Waals surface area contributed by atoms with E-state index in [-0.39, 0.29) is 17.9 Å². The van der Waals surface area contributed by atoms with Crippen molar-refractivity contribution in [2.45, 2.75) is 33.4 Å². The fraction of sp³-hybridized carbons (Fsp3) is 0.600. The molecule has 0 bridgehead atoms. The van der Waals surface area contributed by atoms with E-state index in [1.165, 1.54) is 0 Å². The number of nitrogens with zero attached hydrogens (tertiary/aromatic N) is 3. The second-order valence-electron chi connectivity index (χ2n) is 6.78. The van der Waals surface area contributed by atoms with Crippen molar-refractivity contribution < 1.29 is 9.59 Å². The Balaban J connectivity index is 1.85. The van der Waals surface area contributed by atoms with Gasteiger partial charge in [0.15, 0.2) is 0 Å². The van der Waals surface area contributed by atoms with Crippen LogP contribution >= 0.6 is 0 Å². The summed E-state index contributed by atoms with van der Waals surface area (Å²) in [6.45, 7) is 11.7. The van der Waals surface area contributed by atoms with Crippen molar-refractivity contribution >= 4 is 11.8 Å². The molecule has 6 heteroatoms. The van der Waals surface area contributed by atoms with E-state index in [1.54, 1.807) is 0 Å². The third-order valence-corrected chi connectivity index (χ3v) is 4.96. The topological polar surface area (TPSA) is 55.9 Å². The second kappa shape index (κ2) is 10.3. The molecular formula is C20H32N4O2. The molecule has 6 nitrogen and oxygen atoms in total. The monoisotopic (exact) mass is 360 g/mol. The Hall–Kier alpha value is -1.92. The molecule has 1 saturated heterocycles. The maximum absolute atomic E-state index is 12.9. The number of benzene rings is 1. The zero-order valence-electron chi connectivity index (χ0n) is 16.3. The van der Waals surface area contributed by atoms with E-state index in [9.17, 15) is 9.59 Å². The van der Waals surface area contributed by atoms with Gasteiger partial charge in [0.1, 0.15) is 0 Å². The van der Waals surface area contributed by atoms with Crippen LogP contribution in [-0.4, -0.2) is 78.4 Å². The summed E-state index contributed by atoms with van der Waals surface area (Å²) in [4.78, 5) is 30.9. The number of hydrogen-bond acceptors (Lipinski definition) is 4. The van der Waals surface area contributed by atoms with E-state index in [2.05, 4.69) is 27.2 Å². The summed E-state index contributed by atoms with van der Waals surface area (Å²) < 4.78 is 0. The fourth-order valence-corrected chi connectivity index (χ4v) is 3.33. The van der Waals surface area contributed by atoms with Crippen LogP contribution in [0.25, 0.3) is 0 Å². The quantitative estimate of drug-likeness (QED) is 0.756. The molecule has 0 saturated carbocycles. The van der Waals surface area contributed by atoms with Crippen molar-refractivity contribution in [3.05, 3.63) is 35.9 Å². The lowest BCUT2D eigenvalue weighted by molar-refractivity contribution is -0.138. The number of hydrogen-bond donors (Lipinski definition) is 1. The van der Waals surface area contributed by atoms with Crippen LogP contribution in [0.15, 0.2) is 30.3 Å². The molecule has 0 aliphatic carbocycles. The van der Waals surface area contributed by atoms with E-state index in [0.717, 1.165) is 31.7 Å². The second-order valence-corrected chi connectivity index (χ2v) is 6.78. The van der Waals surface area contributed by atoms with Crippen molar-refractivity contribution in [1.82, 2.24) is 20.0 Å². The smallest absolute Gasteiger partial charge is 0.239 e. The van der Waals surface area contributed by atoms with E-state index in [1.807, 2.05) is 43.9 Å². The lowest BCUT2D eigenvalue weighted by Crippen LogP contribution is -2.55. The van der Waals surface area contributed by atoms with Crippen LogP contribution in [0.2, 0.25) is 0 Å². The number of nitrogens with one attached hydrogen (secondary N) is 1. The highest BCUT2D eigenvalue weighted by Gasteiger charge is 2.28. The van der Waals surface area contributed by atoms with Gasteiger partial charge in [-0.2, -0.15) is 0 Å². The van der Waals surface area contributed by atoms with Crippen molar-refractivity contribution in [1.29, 1.82) is 0 Å². The van der Waals surface area contributed by atoms with Gasteiger partial charge < -0.3 is 10.2 Å². The molecule has 1 heterocycles. The molecule has 2 amide bonds. The van der Waals surface area contributed by atoms with Crippen molar-refractivity contribution in [2.24, 2.45) is 0 Å². The molecule has 1 aliphatic rings. The average Bonchev–Trinajstić information content (AvgIpc) is 2.66. The highest BCUT2D eigenvalue weighted by atomic mass is 16.2. The van der Waals surface area contributed by atoms with Crippen LogP contribution in [0.5, 0.6) is 0 Å². The first-order valence-electron chi connectivity index (χ1n) is 9.61. The van der Waals surface area contributed by atoms with Gasteiger partial charge in [0.2, 0.25) is 11.8 Å². The zero-order chi connectivity index (χ0) is 18.9. The molecule has 0 radical (unpaired) electrons. The van der Waals surface area contributed by atoms with Gasteiger partial charge in [-0.15, -0.1) is 0 Å². The number of carbonyl (C=O) groups excluding carboxylic acids is 2. The van der Waals surface area contributed by atoms with Crippen LogP contribution < -0.4 is 5.32 Å². The predicted molar refractivity (Wildman–Crippen MR) is 104 cm³/mol. The minimum absolute atomic E-state index is 0.0742. The highest BCUT2D eigenvalue weighted by molar-refractivity contribution is 5.81. The van der Waals surface area contributed by atoms with Gasteiger partial charge in [0.05, 0.1) is 12.6 Å². The lowest BCUT2D eigenvalue weighted by atomic mass is 10.1. The Bertz CT molecular complexity index is 570. The Morgan fingerprint density at radius 2 is 1.77 bits per heavy atom. The van der Waals surface area contributed by atoms with Gasteiger partial charge in [-0.3, -0.25) is 19.4 Å². The van der Waals surface area contributed by atoms with Crippen molar-refractivity contribution in [3.8, 4) is 0 Å². The molecule has 1 atom stereocenters. The summed E-state index contributed by atoms with van der Waals surface area (Å²) in [6, 6.07) is 9.98. The molecule has 0 aromatic heterocycles. The fourth-order valence-electron chi connectivity index (χ4n) is 3.33. The molecule has 1 fully saturated rings. The average molecular weight is 361 g/mol. The van der Waals surface area contributed by atoms with E-state index in [4.69, 9.17) is 0 Å². The largest absolute Gasteiger partial charge is 0.355 e. The summed E-state index contributed by atoms with van der Waals surface area (Å²) in [5.41, 5.74) is 1.15. The van der Waals surface area contributed by atoms with E-state index in [0.29, 0.717) is 26.2 Å². The molecule has 1 unspecified atom stereocenters. The maximum atomic E-state index is 12.9. The third kappa shape index (κ3) is 5.81. The summed E-state index contributed by atoms with van der Waals surface area (Å²) in [6.07, 6.45) is 0. The minimum atomic E-state index is -0.134. The number of carbonyl (C=O) groups is 2. The lowest BCUT2D eigenvalue weighted by Gasteiger charge is -2.38. The predicted octanol–water partition coefficient (Wildman–Crippen LogP) is 1.18. The first kappa shape index (κ1) is 20.4.